The fraction of sp³-hybridized carbons (Fsp3) is 0.625. The van der Waals surface area contributed by atoms with Crippen molar-refractivity contribution in [3.63, 3.8) is 0 Å². The Bertz CT molecular complexity index is 238. The highest BCUT2D eigenvalue weighted by atomic mass is 32.2. The SMILES string of the molecule is CCOC(=O)C1=C(C)SCC[S+]1[O-]. The molecule has 0 aromatic heterocycles. The van der Waals surface area contributed by atoms with Crippen LogP contribution in [0.4, 0.5) is 0 Å². The topological polar surface area (TPSA) is 49.4 Å². The summed E-state index contributed by atoms with van der Waals surface area (Å²) in [5.41, 5.74) is 0. The van der Waals surface area contributed by atoms with Gasteiger partial charge in [0.15, 0.2) is 0 Å². The van der Waals surface area contributed by atoms with Crippen LogP contribution >= 0.6 is 11.8 Å². The second kappa shape index (κ2) is 4.93. The molecule has 1 aliphatic heterocycles. The maximum absolute atomic E-state index is 11.5. The Morgan fingerprint density at radius 2 is 2.46 bits per heavy atom. The van der Waals surface area contributed by atoms with Gasteiger partial charge in [-0.25, -0.2) is 4.79 Å². The van der Waals surface area contributed by atoms with Crippen LogP contribution in [0, 0.1) is 0 Å². The van der Waals surface area contributed by atoms with Crippen molar-refractivity contribution >= 4 is 28.9 Å². The third kappa shape index (κ3) is 2.65. The molecule has 1 atom stereocenters. The normalized spacial score (nSPS) is 23.2. The zero-order valence-electron chi connectivity index (χ0n) is 7.66. The van der Waals surface area contributed by atoms with Crippen molar-refractivity contribution in [1.29, 1.82) is 0 Å². The number of rotatable bonds is 2. The van der Waals surface area contributed by atoms with E-state index in [1.165, 1.54) is 0 Å². The predicted octanol–water partition coefficient (Wildman–Crippen LogP) is 1.28. The highest BCUT2D eigenvalue weighted by Crippen LogP contribution is 2.29. The van der Waals surface area contributed by atoms with Gasteiger partial charge in [-0.2, -0.15) is 0 Å². The summed E-state index contributed by atoms with van der Waals surface area (Å²) in [6.07, 6.45) is 0. The largest absolute Gasteiger partial charge is 0.611 e. The second-order valence-corrected chi connectivity index (χ2v) is 5.32. The lowest BCUT2D eigenvalue weighted by atomic mass is 10.5. The molecule has 0 saturated heterocycles. The van der Waals surface area contributed by atoms with Crippen molar-refractivity contribution in [3.05, 3.63) is 9.81 Å². The molecule has 0 aromatic rings. The van der Waals surface area contributed by atoms with Crippen molar-refractivity contribution < 1.29 is 14.1 Å². The summed E-state index contributed by atoms with van der Waals surface area (Å²) >= 11 is 0.414. The summed E-state index contributed by atoms with van der Waals surface area (Å²) in [7, 11) is 0. The third-order valence-corrected chi connectivity index (χ3v) is 4.53. The highest BCUT2D eigenvalue weighted by Gasteiger charge is 2.30. The van der Waals surface area contributed by atoms with E-state index in [2.05, 4.69) is 0 Å². The minimum absolute atomic E-state index is 0.331. The highest BCUT2D eigenvalue weighted by molar-refractivity contribution is 8.07. The average molecular weight is 220 g/mol. The minimum atomic E-state index is -1.16. The van der Waals surface area contributed by atoms with Crippen LogP contribution in [0.25, 0.3) is 0 Å². The molecule has 5 heteroatoms. The number of thioether (sulfide) groups is 1. The van der Waals surface area contributed by atoms with E-state index in [1.54, 1.807) is 18.7 Å². The van der Waals surface area contributed by atoms with Gasteiger partial charge in [0, 0.05) is 10.7 Å². The van der Waals surface area contributed by atoms with Crippen LogP contribution in [0.3, 0.4) is 0 Å². The molecular weight excluding hydrogens is 208 g/mol. The summed E-state index contributed by atoms with van der Waals surface area (Å²) in [5.74, 6) is 0.947. The molecule has 0 N–H and O–H groups in total. The number of carbonyl (C=O) groups is 1. The van der Waals surface area contributed by atoms with E-state index < -0.39 is 17.1 Å². The van der Waals surface area contributed by atoms with Gasteiger partial charge in [0.05, 0.1) is 6.61 Å². The number of esters is 1. The van der Waals surface area contributed by atoms with Crippen molar-refractivity contribution in [3.8, 4) is 0 Å². The number of ether oxygens (including phenoxy) is 1. The van der Waals surface area contributed by atoms with E-state index in [9.17, 15) is 9.35 Å². The Morgan fingerprint density at radius 3 is 3.00 bits per heavy atom. The maximum atomic E-state index is 11.5. The van der Waals surface area contributed by atoms with Gasteiger partial charge < -0.3 is 9.29 Å². The van der Waals surface area contributed by atoms with Crippen molar-refractivity contribution in [2.75, 3.05) is 18.1 Å². The molecule has 0 amide bonds. The van der Waals surface area contributed by atoms with E-state index in [0.29, 0.717) is 17.3 Å². The van der Waals surface area contributed by atoms with Crippen LogP contribution in [0.5, 0.6) is 0 Å². The molecule has 0 spiro atoms. The molecule has 0 saturated carbocycles. The molecule has 1 unspecified atom stereocenters. The van der Waals surface area contributed by atoms with Gasteiger partial charge in [-0.3, -0.25) is 0 Å². The number of hydrogen-bond acceptors (Lipinski definition) is 4. The van der Waals surface area contributed by atoms with Gasteiger partial charge in [-0.1, -0.05) is 0 Å². The van der Waals surface area contributed by atoms with Crippen LogP contribution in [0.1, 0.15) is 13.8 Å². The Hall–Kier alpha value is -0.130. The molecule has 1 rings (SSSR count). The van der Waals surface area contributed by atoms with E-state index >= 15 is 0 Å². The molecule has 13 heavy (non-hydrogen) atoms. The molecule has 0 aromatic carbocycles. The van der Waals surface area contributed by atoms with Crippen LogP contribution in [-0.4, -0.2) is 28.6 Å². The standard InChI is InChI=1S/C8H12O3S2/c1-3-11-8(9)7-6(2)12-4-5-13(7)10/h3-5H2,1-2H3. The smallest absolute Gasteiger partial charge is 0.387 e. The molecule has 0 aliphatic carbocycles. The lowest BCUT2D eigenvalue weighted by molar-refractivity contribution is -0.137. The van der Waals surface area contributed by atoms with Crippen LogP contribution in [0.2, 0.25) is 0 Å². The van der Waals surface area contributed by atoms with E-state index in [1.807, 2.05) is 6.92 Å². The number of allylic oxidation sites excluding steroid dienone is 1. The van der Waals surface area contributed by atoms with Crippen LogP contribution in [-0.2, 0) is 20.7 Å². The number of carbonyl (C=O) groups excluding carboxylic acids is 1. The van der Waals surface area contributed by atoms with Gasteiger partial charge in [0.25, 0.3) is 0 Å². The minimum Gasteiger partial charge on any atom is -0.611 e. The zero-order valence-corrected chi connectivity index (χ0v) is 9.30. The molecule has 1 aliphatic rings. The van der Waals surface area contributed by atoms with E-state index in [4.69, 9.17) is 4.74 Å². The van der Waals surface area contributed by atoms with Gasteiger partial charge in [0.2, 0.25) is 4.91 Å². The Morgan fingerprint density at radius 1 is 1.77 bits per heavy atom. The Balaban J connectivity index is 2.78. The third-order valence-electron chi connectivity index (χ3n) is 1.60. The predicted molar refractivity (Wildman–Crippen MR) is 54.8 cm³/mol. The molecule has 0 bridgehead atoms. The van der Waals surface area contributed by atoms with Gasteiger partial charge in [0.1, 0.15) is 5.75 Å². The fourth-order valence-corrected chi connectivity index (χ4v) is 3.72. The Labute approximate surface area is 85.1 Å². The monoisotopic (exact) mass is 220 g/mol. The molecule has 74 valence electrons. The molecular formula is C8H12O3S2. The first-order valence-corrected chi connectivity index (χ1v) is 6.36. The van der Waals surface area contributed by atoms with Crippen molar-refractivity contribution in [1.82, 2.24) is 0 Å². The molecule has 1 heterocycles. The summed E-state index contributed by atoms with van der Waals surface area (Å²) in [6.45, 7) is 3.89. The first kappa shape index (κ1) is 10.9. The van der Waals surface area contributed by atoms with E-state index in [0.717, 1.165) is 10.7 Å². The summed E-state index contributed by atoms with van der Waals surface area (Å²) in [5, 5.41) is 0. The molecule has 0 radical (unpaired) electrons. The number of hydrogen-bond donors (Lipinski definition) is 0. The first-order valence-electron chi connectivity index (χ1n) is 4.06. The van der Waals surface area contributed by atoms with Crippen LogP contribution < -0.4 is 0 Å². The van der Waals surface area contributed by atoms with Crippen LogP contribution in [0.15, 0.2) is 9.81 Å². The Kier molecular flexibility index (Phi) is 4.15. The summed E-state index contributed by atoms with van der Waals surface area (Å²) < 4.78 is 16.3. The van der Waals surface area contributed by atoms with Gasteiger partial charge in [-0.05, 0) is 25.0 Å². The second-order valence-electron chi connectivity index (χ2n) is 2.50. The maximum Gasteiger partial charge on any atom is 0.387 e. The fourth-order valence-electron chi connectivity index (χ4n) is 1.03. The van der Waals surface area contributed by atoms with Gasteiger partial charge in [-0.15, -0.1) is 11.8 Å². The van der Waals surface area contributed by atoms with Crippen molar-refractivity contribution in [2.24, 2.45) is 0 Å². The zero-order chi connectivity index (χ0) is 9.84. The van der Waals surface area contributed by atoms with Crippen molar-refractivity contribution in [2.45, 2.75) is 13.8 Å². The summed E-state index contributed by atoms with van der Waals surface area (Å²) in [6, 6.07) is 0. The molecule has 0 fully saturated rings. The van der Waals surface area contributed by atoms with Gasteiger partial charge >= 0.3 is 5.97 Å². The lowest BCUT2D eigenvalue weighted by Crippen LogP contribution is -2.24. The summed E-state index contributed by atoms with van der Waals surface area (Å²) in [4.78, 5) is 12.5. The van der Waals surface area contributed by atoms with E-state index in [-0.39, 0.29) is 0 Å². The lowest BCUT2D eigenvalue weighted by Gasteiger charge is -2.18. The molecule has 3 nitrogen and oxygen atoms in total. The quantitative estimate of drug-likeness (QED) is 0.519. The first-order chi connectivity index (χ1) is 6.16. The average Bonchev–Trinajstić information content (AvgIpc) is 2.04.